The van der Waals surface area contributed by atoms with Crippen LogP contribution in [0.1, 0.15) is 52.5 Å². The second-order valence-corrected chi connectivity index (χ2v) is 8.84. The fourth-order valence-electron chi connectivity index (χ4n) is 4.25. The van der Waals surface area contributed by atoms with Gasteiger partial charge in [0, 0.05) is 45.6 Å². The zero-order valence-corrected chi connectivity index (χ0v) is 22.3. The molecule has 2 fully saturated rings. The monoisotopic (exact) mass is 580 g/mol. The number of amides is 1. The van der Waals surface area contributed by atoms with Crippen LogP contribution in [0.5, 0.6) is 0 Å². The highest BCUT2D eigenvalue weighted by Gasteiger charge is 2.55. The van der Waals surface area contributed by atoms with E-state index in [2.05, 4.69) is 5.32 Å². The molecule has 0 radical (unpaired) electrons. The molecule has 16 heteroatoms. The van der Waals surface area contributed by atoms with Crippen molar-refractivity contribution < 1.29 is 75.9 Å². The van der Waals surface area contributed by atoms with Gasteiger partial charge in [-0.3, -0.25) is 28.8 Å². The van der Waals surface area contributed by atoms with Crippen molar-refractivity contribution in [3.8, 4) is 0 Å². The Morgan fingerprint density at radius 2 is 1.30 bits per heavy atom. The van der Waals surface area contributed by atoms with Crippen molar-refractivity contribution in [3.63, 3.8) is 0 Å². The van der Waals surface area contributed by atoms with Crippen LogP contribution in [0.25, 0.3) is 0 Å². The highest BCUT2D eigenvalue weighted by atomic mass is 16.7. The summed E-state index contributed by atoms with van der Waals surface area (Å²) in [7, 11) is 0. The molecule has 0 spiro atoms. The lowest BCUT2D eigenvalue weighted by Crippen LogP contribution is -2.68. The van der Waals surface area contributed by atoms with E-state index in [1.54, 1.807) is 0 Å². The maximum Gasteiger partial charge on any atom is 0.303 e. The van der Waals surface area contributed by atoms with Crippen LogP contribution >= 0.6 is 0 Å². The third-order valence-corrected chi connectivity index (χ3v) is 5.61. The number of hydrogen-bond acceptors (Lipinski definition) is 15. The number of aliphatic hydroxyl groups excluding tert-OH is 1. The minimum absolute atomic E-state index is 0.537. The highest BCUT2D eigenvalue weighted by molar-refractivity contribution is 5.73. The molecule has 0 aromatic rings. The summed E-state index contributed by atoms with van der Waals surface area (Å²) in [5.41, 5.74) is 0. The van der Waals surface area contributed by atoms with Crippen molar-refractivity contribution in [1.82, 2.24) is 5.32 Å². The van der Waals surface area contributed by atoms with E-state index in [1.165, 1.54) is 6.92 Å². The van der Waals surface area contributed by atoms with E-state index in [4.69, 9.17) is 42.0 Å². The first-order valence-electron chi connectivity index (χ1n) is 14.0. The zero-order chi connectivity index (χ0) is 32.4. The van der Waals surface area contributed by atoms with Gasteiger partial charge in [-0.2, -0.15) is 0 Å². The van der Waals surface area contributed by atoms with Gasteiger partial charge in [-0.05, 0) is 6.92 Å². The van der Waals surface area contributed by atoms with Crippen LogP contribution < -0.4 is 5.32 Å². The minimum atomic E-state index is -1.83. The molecule has 2 aliphatic heterocycles. The number of hydrogen-bond donors (Lipinski definition) is 2. The molecule has 0 aromatic carbocycles. The van der Waals surface area contributed by atoms with Gasteiger partial charge < -0.3 is 48.3 Å². The van der Waals surface area contributed by atoms with Gasteiger partial charge in [0.05, 0.1) is 6.10 Å². The van der Waals surface area contributed by atoms with Gasteiger partial charge in [-0.15, -0.1) is 0 Å². The van der Waals surface area contributed by atoms with E-state index < -0.39 is 124 Å². The molecule has 16 nitrogen and oxygen atoms in total. The molecule has 1 amide bonds. The molecule has 2 heterocycles. The third kappa shape index (κ3) is 9.11. The van der Waals surface area contributed by atoms with Gasteiger partial charge in [-0.25, -0.2) is 0 Å². The maximum atomic E-state index is 12.3. The summed E-state index contributed by atoms with van der Waals surface area (Å²) in [5, 5.41) is 13.2. The first-order valence-corrected chi connectivity index (χ1v) is 11.9. The lowest BCUT2D eigenvalue weighted by molar-refractivity contribution is -0.340. The number of carbonyl (C=O) groups excluding carboxylic acids is 6. The van der Waals surface area contributed by atoms with Crippen LogP contribution in [-0.4, -0.2) is 109 Å². The van der Waals surface area contributed by atoms with Gasteiger partial charge >= 0.3 is 29.8 Å². The molecular formula is C24H35NO15. The Morgan fingerprint density at radius 1 is 0.750 bits per heavy atom. The van der Waals surface area contributed by atoms with Gasteiger partial charge in [0.2, 0.25) is 5.91 Å². The summed E-state index contributed by atoms with van der Waals surface area (Å²) in [4.78, 5) is 72.1. The van der Waals surface area contributed by atoms with E-state index in [9.17, 15) is 33.9 Å². The maximum absolute atomic E-state index is 12.3. The molecule has 0 aromatic heterocycles. The number of esters is 5. The first kappa shape index (κ1) is 28.2. The molecular weight excluding hydrogens is 542 g/mol. The van der Waals surface area contributed by atoms with Crippen LogP contribution in [0, 0.1) is 0 Å². The van der Waals surface area contributed by atoms with Crippen molar-refractivity contribution in [2.75, 3.05) is 6.61 Å². The molecule has 1 unspecified atom stereocenters. The summed E-state index contributed by atoms with van der Waals surface area (Å²) in [5.74, 6) is -5.63. The second-order valence-electron chi connectivity index (χ2n) is 8.84. The fraction of sp³-hybridized carbons (Fsp3) is 0.750. The van der Waals surface area contributed by atoms with Crippen molar-refractivity contribution >= 4 is 35.8 Å². The SMILES string of the molecule is [2H]CC(=O)O[C@@H]1[C@@H](OC(=O)C[2H])[C@@H](OC(=O)C[2H])C(O[C@@H]2[C@@H](NC(C)=O)[C@@H](O)O[C@H](COC(C)=O)[C@H]2OC(C)=O)O[C@H]1C. The molecule has 40 heavy (non-hydrogen) atoms. The normalized spacial score (nSPS) is 34.6. The summed E-state index contributed by atoms with van der Waals surface area (Å²) >= 11 is 0. The molecule has 0 saturated carbocycles. The minimum Gasteiger partial charge on any atom is -0.463 e. The lowest BCUT2D eigenvalue weighted by Gasteiger charge is -2.48. The Morgan fingerprint density at radius 3 is 1.82 bits per heavy atom. The third-order valence-electron chi connectivity index (χ3n) is 5.61. The van der Waals surface area contributed by atoms with Crippen LogP contribution in [-0.2, 0) is 66.7 Å². The molecule has 0 bridgehead atoms. The Bertz CT molecular complexity index is 1030. The Balaban J connectivity index is 2.61. The molecule has 226 valence electrons. The number of nitrogens with one attached hydrogen (secondary N) is 1. The lowest BCUT2D eigenvalue weighted by atomic mass is 9.95. The van der Waals surface area contributed by atoms with E-state index >= 15 is 0 Å². The summed E-state index contributed by atoms with van der Waals surface area (Å²) in [6.07, 6.45) is -14.2. The molecule has 10 atom stereocenters. The fourth-order valence-corrected chi connectivity index (χ4v) is 4.25. The van der Waals surface area contributed by atoms with Crippen LogP contribution in [0.4, 0.5) is 0 Å². The molecule has 2 saturated heterocycles. The van der Waals surface area contributed by atoms with Crippen molar-refractivity contribution in [1.29, 1.82) is 0 Å². The zero-order valence-electron chi connectivity index (χ0n) is 25.3. The van der Waals surface area contributed by atoms with Crippen molar-refractivity contribution in [2.24, 2.45) is 0 Å². The van der Waals surface area contributed by atoms with E-state index in [1.807, 2.05) is 0 Å². The standard InChI is InChI=1S/C24H35NO15/c1-9-18(35-12(4)28)21(37-14(6)30)22(38-15(7)31)24(34-9)40-20-17(25-10(2)26)23(32)39-16(8-33-11(3)27)19(20)36-13(5)29/h9,16-24,32H,8H2,1-7H3,(H,25,26)/t9-,16+,17+,18-,19+,20+,21+,22+,23-,24?/m0/s1/i4D,6D,7D. The van der Waals surface area contributed by atoms with Crippen molar-refractivity contribution in [2.45, 2.75) is 110 Å². The Labute approximate surface area is 234 Å². The predicted molar refractivity (Wildman–Crippen MR) is 127 cm³/mol. The number of ether oxygens (including phenoxy) is 8. The smallest absolute Gasteiger partial charge is 0.303 e. The molecule has 2 N–H and O–H groups in total. The Hall–Kier alpha value is -3.34. The first-order chi connectivity index (χ1) is 20.2. The van der Waals surface area contributed by atoms with Crippen LogP contribution in [0.15, 0.2) is 0 Å². The Kier molecular flexibility index (Phi) is 10.1. The topological polar surface area (TPSA) is 209 Å². The number of rotatable bonds is 9. The summed E-state index contributed by atoms with van der Waals surface area (Å²) in [6, 6.07) is -1.48. The van der Waals surface area contributed by atoms with Crippen molar-refractivity contribution in [3.05, 3.63) is 0 Å². The van der Waals surface area contributed by atoms with Gasteiger partial charge in [-0.1, -0.05) is 0 Å². The molecule has 0 aliphatic carbocycles. The van der Waals surface area contributed by atoms with E-state index in [0.717, 1.165) is 20.8 Å². The average molecular weight is 581 g/mol. The highest BCUT2D eigenvalue weighted by Crippen LogP contribution is 2.33. The van der Waals surface area contributed by atoms with Crippen LogP contribution in [0.3, 0.4) is 0 Å². The predicted octanol–water partition coefficient (Wildman–Crippen LogP) is -1.37. The number of carbonyl (C=O) groups is 6. The number of aliphatic hydroxyl groups is 1. The summed E-state index contributed by atoms with van der Waals surface area (Å²) < 4.78 is 65.5. The molecule has 2 rings (SSSR count). The second kappa shape index (κ2) is 14.3. The van der Waals surface area contributed by atoms with Gasteiger partial charge in [0.1, 0.15) is 24.9 Å². The van der Waals surface area contributed by atoms with Crippen LogP contribution in [0.2, 0.25) is 0 Å². The quantitative estimate of drug-likeness (QED) is 0.238. The van der Waals surface area contributed by atoms with Gasteiger partial charge in [0.15, 0.2) is 37.0 Å². The van der Waals surface area contributed by atoms with E-state index in [0.29, 0.717) is 0 Å². The summed E-state index contributed by atoms with van der Waals surface area (Å²) in [6.45, 7) is 1.43. The van der Waals surface area contributed by atoms with E-state index in [-0.39, 0.29) is 0 Å². The average Bonchev–Trinajstić information content (AvgIpc) is 2.93. The van der Waals surface area contributed by atoms with Gasteiger partial charge in [0.25, 0.3) is 0 Å². The largest absolute Gasteiger partial charge is 0.463 e. The molecule has 2 aliphatic rings.